The Labute approximate surface area is 214 Å². The first kappa shape index (κ1) is 24.6. The molecule has 0 aliphatic carbocycles. The lowest BCUT2D eigenvalue weighted by molar-refractivity contribution is -0.117. The second-order valence-corrected chi connectivity index (χ2v) is 9.17. The maximum Gasteiger partial charge on any atom is 0.238 e. The highest BCUT2D eigenvalue weighted by Gasteiger charge is 2.21. The van der Waals surface area contributed by atoms with Crippen LogP contribution in [0.25, 0.3) is 11.0 Å². The molecule has 13 nitrogen and oxygen atoms in total. The molecule has 0 radical (unpaired) electrons. The summed E-state index contributed by atoms with van der Waals surface area (Å²) in [5.41, 5.74) is 3.58. The molecule has 4 aromatic heterocycles. The van der Waals surface area contributed by atoms with Gasteiger partial charge in [-0.15, -0.1) is 0 Å². The number of hydrogen-bond donors (Lipinski definition) is 3. The molecule has 0 bridgehead atoms. The van der Waals surface area contributed by atoms with Gasteiger partial charge >= 0.3 is 0 Å². The minimum Gasteiger partial charge on any atom is -0.381 e. The predicted octanol–water partition coefficient (Wildman–Crippen LogP) is 2.34. The van der Waals surface area contributed by atoms with E-state index in [2.05, 4.69) is 46.0 Å². The van der Waals surface area contributed by atoms with Gasteiger partial charge in [-0.25, -0.2) is 9.67 Å². The van der Waals surface area contributed by atoms with Crippen molar-refractivity contribution in [3.05, 3.63) is 36.5 Å². The smallest absolute Gasteiger partial charge is 0.238 e. The first-order chi connectivity index (χ1) is 17.9. The number of aromatic nitrogens is 7. The second-order valence-electron chi connectivity index (χ2n) is 9.17. The number of pyridine rings is 1. The van der Waals surface area contributed by atoms with Crippen LogP contribution in [0.15, 0.2) is 30.9 Å². The Morgan fingerprint density at radius 1 is 1.11 bits per heavy atom. The first-order valence-electron chi connectivity index (χ1n) is 12.1. The van der Waals surface area contributed by atoms with E-state index < -0.39 is 0 Å². The van der Waals surface area contributed by atoms with E-state index in [0.29, 0.717) is 29.6 Å². The van der Waals surface area contributed by atoms with Crippen LogP contribution in [-0.4, -0.2) is 78.2 Å². The summed E-state index contributed by atoms with van der Waals surface area (Å²) in [6.07, 6.45) is 9.08. The Morgan fingerprint density at radius 2 is 1.92 bits per heavy atom. The van der Waals surface area contributed by atoms with Crippen molar-refractivity contribution in [1.82, 2.24) is 39.4 Å². The van der Waals surface area contributed by atoms with Gasteiger partial charge in [0.15, 0.2) is 11.5 Å². The van der Waals surface area contributed by atoms with Crippen molar-refractivity contribution < 1.29 is 9.53 Å². The Kier molecular flexibility index (Phi) is 6.97. The van der Waals surface area contributed by atoms with Crippen LogP contribution in [-0.2, 0) is 23.6 Å². The molecular weight excluding hydrogens is 474 g/mol. The molecule has 1 aliphatic heterocycles. The standard InChI is InChI=1S/C24H31N11O2/c1-15-20(9-16(10-25-15)28-21(36)14-35-7-5-18(37-4)6-8-35)30-22-19-12-26-24(31-23(19)34(3)32-22)29-17-11-27-33(2)13-17/h9-13,18H,5-8,14H2,1-4H3,(H,28,36)(H,30,32)(H,26,29,31). The molecule has 0 saturated carbocycles. The SMILES string of the molecule is COC1CCN(CC(=O)Nc2cnc(C)c(Nc3nn(C)c4nc(Nc5cnn(C)c5)ncc34)c2)CC1. The predicted molar refractivity (Wildman–Crippen MR) is 140 cm³/mol. The number of fused-ring (bicyclic) bond motifs is 1. The molecule has 0 atom stereocenters. The molecule has 1 aliphatic rings. The third kappa shape index (κ3) is 5.67. The zero-order valence-corrected chi connectivity index (χ0v) is 21.4. The number of rotatable bonds is 8. The van der Waals surface area contributed by atoms with E-state index in [1.54, 1.807) is 35.1 Å². The first-order valence-corrected chi connectivity index (χ1v) is 12.1. The molecule has 13 heteroatoms. The fourth-order valence-corrected chi connectivity index (χ4v) is 4.37. The molecular formula is C24H31N11O2. The second kappa shape index (κ2) is 10.5. The fraction of sp³-hybridized carbons (Fsp3) is 0.417. The number of anilines is 5. The maximum absolute atomic E-state index is 12.7. The van der Waals surface area contributed by atoms with Crippen LogP contribution in [0.4, 0.5) is 28.8 Å². The quantitative estimate of drug-likeness (QED) is 0.327. The van der Waals surface area contributed by atoms with Crippen LogP contribution in [0, 0.1) is 6.92 Å². The Bertz CT molecular complexity index is 1410. The number of amides is 1. The zero-order chi connectivity index (χ0) is 25.9. The van der Waals surface area contributed by atoms with E-state index in [-0.39, 0.29) is 12.0 Å². The van der Waals surface area contributed by atoms with E-state index in [1.807, 2.05) is 33.3 Å². The number of nitrogens with one attached hydrogen (secondary N) is 3. The van der Waals surface area contributed by atoms with Crippen molar-refractivity contribution in [3.63, 3.8) is 0 Å². The Hall–Kier alpha value is -4.10. The molecule has 4 aromatic rings. The van der Waals surface area contributed by atoms with E-state index in [9.17, 15) is 4.79 Å². The number of carbonyl (C=O) groups is 1. The Balaban J connectivity index is 1.28. The summed E-state index contributed by atoms with van der Waals surface area (Å²) < 4.78 is 8.80. The van der Waals surface area contributed by atoms with Crippen LogP contribution in [0.3, 0.4) is 0 Å². The highest BCUT2D eigenvalue weighted by atomic mass is 16.5. The number of hydrogen-bond acceptors (Lipinski definition) is 10. The summed E-state index contributed by atoms with van der Waals surface area (Å²) in [4.78, 5) is 28.3. The molecule has 0 unspecified atom stereocenters. The number of carbonyl (C=O) groups excluding carboxylic acids is 1. The molecule has 0 spiro atoms. The van der Waals surface area contributed by atoms with Crippen LogP contribution in [0.2, 0.25) is 0 Å². The van der Waals surface area contributed by atoms with E-state index in [4.69, 9.17) is 4.74 Å². The van der Waals surface area contributed by atoms with Crippen molar-refractivity contribution >= 4 is 45.8 Å². The molecule has 1 fully saturated rings. The summed E-state index contributed by atoms with van der Waals surface area (Å²) in [5.74, 6) is 0.974. The van der Waals surface area contributed by atoms with Gasteiger partial charge in [-0.05, 0) is 25.8 Å². The average Bonchev–Trinajstić information content (AvgIpc) is 3.43. The summed E-state index contributed by atoms with van der Waals surface area (Å²) in [7, 11) is 5.41. The van der Waals surface area contributed by atoms with Gasteiger partial charge in [0.25, 0.3) is 0 Å². The third-order valence-corrected chi connectivity index (χ3v) is 6.40. The van der Waals surface area contributed by atoms with Gasteiger partial charge in [-0.1, -0.05) is 0 Å². The molecule has 1 amide bonds. The highest BCUT2D eigenvalue weighted by molar-refractivity contribution is 5.93. The van der Waals surface area contributed by atoms with E-state index in [0.717, 1.165) is 48.4 Å². The molecule has 5 heterocycles. The minimum atomic E-state index is -0.0715. The van der Waals surface area contributed by atoms with Gasteiger partial charge in [-0.2, -0.15) is 15.2 Å². The van der Waals surface area contributed by atoms with E-state index >= 15 is 0 Å². The normalized spacial score (nSPS) is 14.7. The number of nitrogens with zero attached hydrogens (tertiary/aromatic N) is 8. The maximum atomic E-state index is 12.7. The van der Waals surface area contributed by atoms with Gasteiger partial charge in [0, 0.05) is 46.7 Å². The van der Waals surface area contributed by atoms with Gasteiger partial charge < -0.3 is 20.7 Å². The van der Waals surface area contributed by atoms with Crippen LogP contribution >= 0.6 is 0 Å². The molecule has 3 N–H and O–H groups in total. The molecule has 194 valence electrons. The molecule has 0 aromatic carbocycles. The average molecular weight is 506 g/mol. The van der Waals surface area contributed by atoms with Crippen molar-refractivity contribution in [2.24, 2.45) is 14.1 Å². The highest BCUT2D eigenvalue weighted by Crippen LogP contribution is 2.27. The van der Waals surface area contributed by atoms with Crippen LogP contribution in [0.1, 0.15) is 18.5 Å². The van der Waals surface area contributed by atoms with Gasteiger partial charge in [0.05, 0.1) is 53.2 Å². The number of likely N-dealkylation sites (tertiary alicyclic amines) is 1. The third-order valence-electron chi connectivity index (χ3n) is 6.40. The van der Waals surface area contributed by atoms with Crippen molar-refractivity contribution in [3.8, 4) is 0 Å². The van der Waals surface area contributed by atoms with E-state index in [1.165, 1.54) is 0 Å². The minimum absolute atomic E-state index is 0.0715. The monoisotopic (exact) mass is 505 g/mol. The lowest BCUT2D eigenvalue weighted by Crippen LogP contribution is -2.41. The number of aryl methyl sites for hydroxylation is 3. The summed E-state index contributed by atoms with van der Waals surface area (Å²) in [6.45, 7) is 3.93. The lowest BCUT2D eigenvalue weighted by Gasteiger charge is -2.30. The van der Waals surface area contributed by atoms with Gasteiger partial charge in [0.2, 0.25) is 11.9 Å². The van der Waals surface area contributed by atoms with Crippen molar-refractivity contribution in [2.75, 3.05) is 42.7 Å². The largest absolute Gasteiger partial charge is 0.381 e. The molecule has 5 rings (SSSR count). The van der Waals surface area contributed by atoms with Crippen LogP contribution < -0.4 is 16.0 Å². The van der Waals surface area contributed by atoms with Gasteiger partial charge in [-0.3, -0.25) is 19.4 Å². The summed E-state index contributed by atoms with van der Waals surface area (Å²) >= 11 is 0. The fourth-order valence-electron chi connectivity index (χ4n) is 4.37. The topological polar surface area (TPSA) is 140 Å². The van der Waals surface area contributed by atoms with Crippen molar-refractivity contribution in [2.45, 2.75) is 25.9 Å². The molecule has 37 heavy (non-hydrogen) atoms. The Morgan fingerprint density at radius 3 is 2.65 bits per heavy atom. The molecule has 1 saturated heterocycles. The lowest BCUT2D eigenvalue weighted by atomic mass is 10.1. The van der Waals surface area contributed by atoms with Crippen molar-refractivity contribution in [1.29, 1.82) is 0 Å². The zero-order valence-electron chi connectivity index (χ0n) is 21.4. The summed E-state index contributed by atoms with van der Waals surface area (Å²) in [6, 6.07) is 1.86. The number of ether oxygens (including phenoxy) is 1. The van der Waals surface area contributed by atoms with Gasteiger partial charge in [0.1, 0.15) is 0 Å². The number of piperidine rings is 1. The summed E-state index contributed by atoms with van der Waals surface area (Å²) in [5, 5.41) is 18.9. The van der Waals surface area contributed by atoms with Crippen LogP contribution in [0.5, 0.6) is 0 Å². The number of methoxy groups -OCH3 is 1.